The van der Waals surface area contributed by atoms with Gasteiger partial charge in [0.25, 0.3) is 5.91 Å². The van der Waals surface area contributed by atoms with Gasteiger partial charge in [0, 0.05) is 11.8 Å². The van der Waals surface area contributed by atoms with Gasteiger partial charge in [0.1, 0.15) is 23.8 Å². The summed E-state index contributed by atoms with van der Waals surface area (Å²) in [5.41, 5.74) is -0.294. The number of halogens is 4. The number of anilines is 2. The number of aromatic nitrogens is 2. The third kappa shape index (κ3) is 3.87. The molecule has 2 aromatic rings. The van der Waals surface area contributed by atoms with E-state index in [0.717, 1.165) is 17.3 Å². The lowest BCUT2D eigenvalue weighted by atomic mass is 10.2. The molecule has 156 valence electrons. The zero-order valence-electron chi connectivity index (χ0n) is 14.5. The summed E-state index contributed by atoms with van der Waals surface area (Å²) in [6, 6.07) is 2.32. The van der Waals surface area contributed by atoms with Crippen LogP contribution < -0.4 is 19.6 Å². The fraction of sp³-hybridized carbons (Fsp3) is 0.267. The summed E-state index contributed by atoms with van der Waals surface area (Å²) in [5.74, 6) is -3.61. The minimum atomic E-state index is -6.06. The number of ether oxygens (including phenoxy) is 1. The average Bonchev–Trinajstić information content (AvgIpc) is 2.72. The van der Waals surface area contributed by atoms with Gasteiger partial charge in [-0.25, -0.2) is 14.4 Å². The second-order valence-electron chi connectivity index (χ2n) is 5.88. The molecule has 0 fully saturated rings. The fourth-order valence-corrected chi connectivity index (χ4v) is 2.95. The Bertz CT molecular complexity index is 1080. The summed E-state index contributed by atoms with van der Waals surface area (Å²) in [6.45, 7) is 1.51. The van der Waals surface area contributed by atoms with Gasteiger partial charge in [0.2, 0.25) is 5.88 Å². The molecule has 14 heteroatoms. The first-order valence-corrected chi connectivity index (χ1v) is 9.21. The van der Waals surface area contributed by atoms with Gasteiger partial charge in [-0.15, -0.1) is 0 Å². The number of hydrogen-bond donors (Lipinski definition) is 1. The monoisotopic (exact) mass is 436 g/mol. The Morgan fingerprint density at radius 2 is 2.00 bits per heavy atom. The van der Waals surface area contributed by atoms with Gasteiger partial charge in [-0.05, 0) is 19.1 Å². The zero-order chi connectivity index (χ0) is 21.6. The molecule has 1 aromatic heterocycles. The van der Waals surface area contributed by atoms with E-state index in [1.807, 2.05) is 0 Å². The summed E-state index contributed by atoms with van der Waals surface area (Å²) in [5, 5.41) is 0. The summed E-state index contributed by atoms with van der Waals surface area (Å²) < 4.78 is 82.9. The Kier molecular flexibility index (Phi) is 4.98. The highest BCUT2D eigenvalue weighted by atomic mass is 32.2. The van der Waals surface area contributed by atoms with E-state index in [0.29, 0.717) is 12.1 Å². The van der Waals surface area contributed by atoms with Gasteiger partial charge >= 0.3 is 15.6 Å². The predicted octanol–water partition coefficient (Wildman–Crippen LogP) is 1.85. The number of nitrogens with two attached hydrogens (primary N) is 1. The fourth-order valence-electron chi connectivity index (χ4n) is 2.49. The van der Waals surface area contributed by atoms with Crippen molar-refractivity contribution in [1.82, 2.24) is 9.97 Å². The van der Waals surface area contributed by atoms with Gasteiger partial charge in [-0.3, -0.25) is 4.79 Å². The number of fused-ring (bicyclic) bond motifs is 1. The largest absolute Gasteiger partial charge is 0.534 e. The molecule has 1 aliphatic rings. The highest BCUT2D eigenvalue weighted by Crippen LogP contribution is 2.33. The summed E-state index contributed by atoms with van der Waals surface area (Å²) in [6.07, 6.45) is 0.482. The van der Waals surface area contributed by atoms with Crippen molar-refractivity contribution in [3.63, 3.8) is 0 Å². The maximum Gasteiger partial charge on any atom is 0.534 e. The Balaban J connectivity index is 1.98. The SMILES string of the molecule is C[C@@H]1CN(c2ccc(OS(=O)(=O)C(F)(F)F)c(F)c2)C(=O)c2c(N)ncnc2O1. The van der Waals surface area contributed by atoms with Gasteiger partial charge in [0.05, 0.1) is 6.54 Å². The molecule has 0 saturated carbocycles. The number of benzene rings is 1. The van der Waals surface area contributed by atoms with Crippen molar-refractivity contribution >= 4 is 27.5 Å². The standard InChI is InChI=1S/C15H12F4N4O5S/c1-7-5-23(14(24)11-12(20)21-6-22-13(11)27-7)8-2-3-10(9(16)4-8)28-29(25,26)15(17,18)19/h2-4,6-7H,5H2,1H3,(H2,20,21,22)/t7-/m1/s1. The number of carbonyl (C=O) groups is 1. The van der Waals surface area contributed by atoms with Crippen LogP contribution in [0.5, 0.6) is 11.6 Å². The van der Waals surface area contributed by atoms with Gasteiger partial charge < -0.3 is 19.6 Å². The van der Waals surface area contributed by atoms with Crippen LogP contribution in [0.4, 0.5) is 29.1 Å². The number of alkyl halides is 3. The summed E-state index contributed by atoms with van der Waals surface area (Å²) in [4.78, 5) is 21.4. The van der Waals surface area contributed by atoms with Crippen molar-refractivity contribution in [2.45, 2.75) is 18.5 Å². The summed E-state index contributed by atoms with van der Waals surface area (Å²) in [7, 11) is -6.06. The van der Waals surface area contributed by atoms with Crippen LogP contribution >= 0.6 is 0 Å². The molecule has 1 aromatic carbocycles. The van der Waals surface area contributed by atoms with Gasteiger partial charge in [-0.1, -0.05) is 0 Å². The average molecular weight is 436 g/mol. The molecule has 1 aliphatic heterocycles. The Morgan fingerprint density at radius 1 is 1.31 bits per heavy atom. The molecule has 0 saturated heterocycles. The van der Waals surface area contributed by atoms with Crippen molar-refractivity contribution in [3.8, 4) is 11.6 Å². The van der Waals surface area contributed by atoms with E-state index in [9.17, 15) is 30.8 Å². The van der Waals surface area contributed by atoms with E-state index < -0.39 is 39.2 Å². The lowest BCUT2D eigenvalue weighted by Gasteiger charge is -2.23. The van der Waals surface area contributed by atoms with E-state index >= 15 is 0 Å². The quantitative estimate of drug-likeness (QED) is 0.439. The lowest BCUT2D eigenvalue weighted by molar-refractivity contribution is -0.0500. The maximum absolute atomic E-state index is 14.2. The second-order valence-corrected chi connectivity index (χ2v) is 7.42. The van der Waals surface area contributed by atoms with Crippen molar-refractivity contribution in [2.75, 3.05) is 17.2 Å². The van der Waals surface area contributed by atoms with Crippen LogP contribution in [0, 0.1) is 5.82 Å². The topological polar surface area (TPSA) is 125 Å². The molecule has 1 atom stereocenters. The molecule has 1 amide bonds. The van der Waals surface area contributed by atoms with Crippen LogP contribution in [0.2, 0.25) is 0 Å². The second kappa shape index (κ2) is 7.02. The van der Waals surface area contributed by atoms with Gasteiger partial charge in [0.15, 0.2) is 11.6 Å². The van der Waals surface area contributed by atoms with Gasteiger partial charge in [-0.2, -0.15) is 21.6 Å². The van der Waals surface area contributed by atoms with Crippen LogP contribution in [-0.4, -0.2) is 42.4 Å². The molecule has 0 unspecified atom stereocenters. The zero-order valence-corrected chi connectivity index (χ0v) is 15.3. The molecule has 0 bridgehead atoms. The molecule has 2 heterocycles. The van der Waals surface area contributed by atoms with Crippen molar-refractivity contribution in [1.29, 1.82) is 0 Å². The Hall–Kier alpha value is -3.16. The van der Waals surface area contributed by atoms with Crippen LogP contribution in [0.3, 0.4) is 0 Å². The number of carbonyl (C=O) groups excluding carboxylic acids is 1. The predicted molar refractivity (Wildman–Crippen MR) is 90.2 cm³/mol. The number of rotatable bonds is 3. The molecule has 0 radical (unpaired) electrons. The number of hydrogen-bond acceptors (Lipinski definition) is 8. The first-order valence-electron chi connectivity index (χ1n) is 7.80. The van der Waals surface area contributed by atoms with E-state index in [4.69, 9.17) is 10.5 Å². The molecular weight excluding hydrogens is 424 g/mol. The third-order valence-electron chi connectivity index (χ3n) is 3.76. The van der Waals surface area contributed by atoms with E-state index in [2.05, 4.69) is 14.2 Å². The molecule has 9 nitrogen and oxygen atoms in total. The minimum Gasteiger partial charge on any atom is -0.472 e. The molecule has 29 heavy (non-hydrogen) atoms. The normalized spacial score (nSPS) is 17.3. The number of nitrogens with zero attached hydrogens (tertiary/aromatic N) is 3. The maximum atomic E-state index is 14.2. The van der Waals surface area contributed by atoms with Crippen LogP contribution in [0.1, 0.15) is 17.3 Å². The van der Waals surface area contributed by atoms with E-state index in [1.54, 1.807) is 6.92 Å². The Labute approximate surface area is 161 Å². The highest BCUT2D eigenvalue weighted by molar-refractivity contribution is 7.88. The van der Waals surface area contributed by atoms with Crippen LogP contribution in [-0.2, 0) is 10.1 Å². The molecular formula is C15H12F4N4O5S. The number of nitrogen functional groups attached to an aromatic ring is 1. The number of amides is 1. The van der Waals surface area contributed by atoms with E-state index in [-0.39, 0.29) is 29.5 Å². The molecule has 0 aliphatic carbocycles. The smallest absolute Gasteiger partial charge is 0.472 e. The first-order chi connectivity index (χ1) is 13.4. The van der Waals surface area contributed by atoms with Crippen molar-refractivity contribution < 1.29 is 39.7 Å². The van der Waals surface area contributed by atoms with E-state index in [1.165, 1.54) is 0 Å². The van der Waals surface area contributed by atoms with Crippen LogP contribution in [0.15, 0.2) is 24.5 Å². The van der Waals surface area contributed by atoms with Crippen molar-refractivity contribution in [2.24, 2.45) is 0 Å². The molecule has 2 N–H and O–H groups in total. The molecule has 0 spiro atoms. The van der Waals surface area contributed by atoms with Crippen molar-refractivity contribution in [3.05, 3.63) is 35.9 Å². The lowest BCUT2D eigenvalue weighted by Crippen LogP contribution is -2.36. The van der Waals surface area contributed by atoms with Crippen LogP contribution in [0.25, 0.3) is 0 Å². The third-order valence-corrected chi connectivity index (χ3v) is 4.73. The molecule has 3 rings (SSSR count). The minimum absolute atomic E-state index is 0.0748. The summed E-state index contributed by atoms with van der Waals surface area (Å²) >= 11 is 0. The Morgan fingerprint density at radius 3 is 2.62 bits per heavy atom. The highest BCUT2D eigenvalue weighted by Gasteiger charge is 2.49. The first kappa shape index (κ1) is 20.6.